The molecule has 2 aromatic heterocycles. The van der Waals surface area contributed by atoms with Gasteiger partial charge in [0.25, 0.3) is 0 Å². The van der Waals surface area contributed by atoms with Crippen molar-refractivity contribution in [3.8, 4) is 9.88 Å². The minimum Gasteiger partial charge on any atom is -0.374 e. The average molecular weight is 309 g/mol. The third-order valence-electron chi connectivity index (χ3n) is 3.55. The summed E-state index contributed by atoms with van der Waals surface area (Å²) in [5.74, 6) is 0. The maximum absolute atomic E-state index is 5.62. The van der Waals surface area contributed by atoms with E-state index in [0.29, 0.717) is 5.13 Å². The third kappa shape index (κ3) is 3.53. The Hall–Kier alpha value is -1.05. The Bertz CT molecular complexity index is 542. The number of nitrogen functional groups attached to an aromatic ring is 1. The van der Waals surface area contributed by atoms with Crippen LogP contribution in [0.5, 0.6) is 0 Å². The lowest BCUT2D eigenvalue weighted by atomic mass is 10.2. The van der Waals surface area contributed by atoms with Gasteiger partial charge in [-0.05, 0) is 25.9 Å². The fourth-order valence-electron chi connectivity index (χ4n) is 2.47. The lowest BCUT2D eigenvalue weighted by Gasteiger charge is -2.18. The van der Waals surface area contributed by atoms with Gasteiger partial charge in [-0.3, -0.25) is 0 Å². The molecular formula is C13H19N5S2. The van der Waals surface area contributed by atoms with Gasteiger partial charge in [-0.15, -0.1) is 21.5 Å². The van der Waals surface area contributed by atoms with Crippen LogP contribution in [0, 0.1) is 0 Å². The molecule has 0 saturated carbocycles. The van der Waals surface area contributed by atoms with E-state index in [1.54, 1.807) is 11.3 Å². The summed E-state index contributed by atoms with van der Waals surface area (Å²) in [7, 11) is 0. The first-order valence-corrected chi connectivity index (χ1v) is 8.71. The number of likely N-dealkylation sites (tertiary alicyclic amines) is 1. The van der Waals surface area contributed by atoms with Crippen molar-refractivity contribution in [1.82, 2.24) is 20.1 Å². The highest BCUT2D eigenvalue weighted by Gasteiger charge is 2.12. The Labute approximate surface area is 126 Å². The molecule has 0 amide bonds. The molecule has 1 fully saturated rings. The van der Waals surface area contributed by atoms with Crippen molar-refractivity contribution in [2.24, 2.45) is 0 Å². The fourth-order valence-corrected chi connectivity index (χ4v) is 4.02. The van der Waals surface area contributed by atoms with Crippen molar-refractivity contribution in [2.45, 2.75) is 32.1 Å². The second kappa shape index (κ2) is 6.60. The van der Waals surface area contributed by atoms with E-state index >= 15 is 0 Å². The smallest absolute Gasteiger partial charge is 0.203 e. The van der Waals surface area contributed by atoms with Gasteiger partial charge in [0, 0.05) is 19.2 Å². The largest absolute Gasteiger partial charge is 0.374 e. The molecule has 20 heavy (non-hydrogen) atoms. The summed E-state index contributed by atoms with van der Waals surface area (Å²) in [4.78, 5) is 8.14. The van der Waals surface area contributed by atoms with Gasteiger partial charge in [0.1, 0.15) is 0 Å². The topological polar surface area (TPSA) is 67.9 Å². The molecule has 2 N–H and O–H groups in total. The molecule has 3 rings (SSSR count). The zero-order valence-corrected chi connectivity index (χ0v) is 13.0. The van der Waals surface area contributed by atoms with Crippen LogP contribution in [-0.2, 0) is 6.42 Å². The SMILES string of the molecule is Nc1nnc(-c2cnc(CCN3CCCCCC3)s2)s1. The van der Waals surface area contributed by atoms with Gasteiger partial charge in [-0.25, -0.2) is 4.98 Å². The maximum atomic E-state index is 5.62. The molecule has 1 saturated heterocycles. The molecule has 2 aromatic rings. The van der Waals surface area contributed by atoms with Crippen molar-refractivity contribution in [2.75, 3.05) is 25.4 Å². The molecule has 0 radical (unpaired) electrons. The summed E-state index contributed by atoms with van der Waals surface area (Å²) >= 11 is 3.13. The predicted octanol–water partition coefficient (Wildman–Crippen LogP) is 2.66. The fraction of sp³-hybridized carbons (Fsp3) is 0.615. The zero-order valence-electron chi connectivity index (χ0n) is 11.4. The average Bonchev–Trinajstić information content (AvgIpc) is 3.00. The van der Waals surface area contributed by atoms with E-state index in [0.717, 1.165) is 22.9 Å². The molecule has 3 heterocycles. The third-order valence-corrected chi connectivity index (χ3v) is 5.52. The molecule has 0 bridgehead atoms. The summed E-state index contributed by atoms with van der Waals surface area (Å²) in [5, 5.41) is 10.5. The van der Waals surface area contributed by atoms with Gasteiger partial charge < -0.3 is 10.6 Å². The van der Waals surface area contributed by atoms with Gasteiger partial charge in [-0.1, -0.05) is 24.2 Å². The van der Waals surface area contributed by atoms with E-state index in [9.17, 15) is 0 Å². The molecule has 0 spiro atoms. The monoisotopic (exact) mass is 309 g/mol. The van der Waals surface area contributed by atoms with Crippen LogP contribution in [0.3, 0.4) is 0 Å². The standard InChI is InChI=1S/C13H19N5S2/c14-13-17-16-12(20-13)10-9-15-11(19-10)5-8-18-6-3-1-2-4-7-18/h9H,1-8H2,(H2,14,17). The van der Waals surface area contributed by atoms with Gasteiger partial charge >= 0.3 is 0 Å². The number of nitrogens with zero attached hydrogens (tertiary/aromatic N) is 4. The highest BCUT2D eigenvalue weighted by molar-refractivity contribution is 7.23. The van der Waals surface area contributed by atoms with Gasteiger partial charge in [-0.2, -0.15) is 0 Å². The molecule has 1 aliphatic heterocycles. The molecule has 5 nitrogen and oxygen atoms in total. The Morgan fingerprint density at radius 1 is 1.10 bits per heavy atom. The molecule has 1 aliphatic rings. The van der Waals surface area contributed by atoms with Crippen LogP contribution >= 0.6 is 22.7 Å². The van der Waals surface area contributed by atoms with E-state index in [1.165, 1.54) is 55.1 Å². The lowest BCUT2D eigenvalue weighted by molar-refractivity contribution is 0.288. The van der Waals surface area contributed by atoms with E-state index in [1.807, 2.05) is 6.20 Å². The number of thiazole rings is 1. The van der Waals surface area contributed by atoms with E-state index in [4.69, 9.17) is 5.73 Å². The van der Waals surface area contributed by atoms with Gasteiger partial charge in [0.15, 0.2) is 5.01 Å². The summed E-state index contributed by atoms with van der Waals surface area (Å²) in [6.07, 6.45) is 8.37. The molecule has 108 valence electrons. The number of hydrogen-bond donors (Lipinski definition) is 1. The Kier molecular flexibility index (Phi) is 4.59. The van der Waals surface area contributed by atoms with E-state index in [-0.39, 0.29) is 0 Å². The molecule has 0 aromatic carbocycles. The van der Waals surface area contributed by atoms with E-state index in [2.05, 4.69) is 20.1 Å². The molecule has 0 aliphatic carbocycles. The van der Waals surface area contributed by atoms with Crippen LogP contribution in [-0.4, -0.2) is 39.7 Å². The minimum absolute atomic E-state index is 0.513. The molecule has 7 heteroatoms. The lowest BCUT2D eigenvalue weighted by Crippen LogP contribution is -2.26. The molecule has 0 atom stereocenters. The van der Waals surface area contributed by atoms with Crippen molar-refractivity contribution in [1.29, 1.82) is 0 Å². The van der Waals surface area contributed by atoms with Crippen LogP contribution < -0.4 is 5.73 Å². The molecule has 0 unspecified atom stereocenters. The number of hydrogen-bond acceptors (Lipinski definition) is 7. The van der Waals surface area contributed by atoms with Crippen molar-refractivity contribution >= 4 is 27.8 Å². The van der Waals surface area contributed by atoms with Crippen molar-refractivity contribution in [3.05, 3.63) is 11.2 Å². The quantitative estimate of drug-likeness (QED) is 0.940. The van der Waals surface area contributed by atoms with Crippen molar-refractivity contribution in [3.63, 3.8) is 0 Å². The van der Waals surface area contributed by atoms with Crippen LogP contribution in [0.25, 0.3) is 9.88 Å². The summed E-state index contributed by atoms with van der Waals surface area (Å²) in [6.45, 7) is 3.60. The Morgan fingerprint density at radius 3 is 2.60 bits per heavy atom. The van der Waals surface area contributed by atoms with Crippen LogP contribution in [0.15, 0.2) is 6.20 Å². The number of anilines is 1. The first-order valence-electron chi connectivity index (χ1n) is 7.08. The number of aromatic nitrogens is 3. The first kappa shape index (κ1) is 13.9. The highest BCUT2D eigenvalue weighted by atomic mass is 32.1. The van der Waals surface area contributed by atoms with Gasteiger partial charge in [0.05, 0.1) is 9.88 Å². The highest BCUT2D eigenvalue weighted by Crippen LogP contribution is 2.29. The van der Waals surface area contributed by atoms with Gasteiger partial charge in [0.2, 0.25) is 5.13 Å². The summed E-state index contributed by atoms with van der Waals surface area (Å²) in [5.41, 5.74) is 5.62. The molecular weight excluding hydrogens is 290 g/mol. The Balaban J connectivity index is 1.57. The van der Waals surface area contributed by atoms with Crippen LogP contribution in [0.4, 0.5) is 5.13 Å². The van der Waals surface area contributed by atoms with Crippen molar-refractivity contribution < 1.29 is 0 Å². The van der Waals surface area contributed by atoms with Crippen LogP contribution in [0.1, 0.15) is 30.7 Å². The normalized spacial score (nSPS) is 17.2. The number of nitrogens with two attached hydrogens (primary N) is 1. The predicted molar refractivity (Wildman–Crippen MR) is 84.0 cm³/mol. The summed E-state index contributed by atoms with van der Waals surface area (Å²) in [6, 6.07) is 0. The zero-order chi connectivity index (χ0) is 13.8. The Morgan fingerprint density at radius 2 is 1.90 bits per heavy atom. The van der Waals surface area contributed by atoms with Crippen LogP contribution in [0.2, 0.25) is 0 Å². The first-order chi connectivity index (χ1) is 9.81. The number of rotatable bonds is 4. The second-order valence-corrected chi connectivity index (χ2v) is 7.19. The minimum atomic E-state index is 0.513. The van der Waals surface area contributed by atoms with E-state index < -0.39 is 0 Å². The maximum Gasteiger partial charge on any atom is 0.203 e. The summed E-state index contributed by atoms with van der Waals surface area (Å²) < 4.78 is 0. The second-order valence-electron chi connectivity index (χ2n) is 5.07.